The number of aliphatic hydroxyl groups is 1. The Balaban J connectivity index is 2.17. The predicted octanol–water partition coefficient (Wildman–Crippen LogP) is 1.25. The van der Waals surface area contributed by atoms with Gasteiger partial charge in [-0.1, -0.05) is 32.9 Å². The van der Waals surface area contributed by atoms with Gasteiger partial charge in [0.1, 0.15) is 12.1 Å². The van der Waals surface area contributed by atoms with Gasteiger partial charge in [-0.3, -0.25) is 14.4 Å². The number of likely N-dealkylation sites (tertiary alicyclic amines) is 1. The van der Waals surface area contributed by atoms with Gasteiger partial charge in [0.15, 0.2) is 0 Å². The minimum atomic E-state index is -0.827. The van der Waals surface area contributed by atoms with E-state index in [-0.39, 0.29) is 36.7 Å². The normalized spacial score (nSPS) is 20.8. The summed E-state index contributed by atoms with van der Waals surface area (Å²) in [5.41, 5.74) is 0.788. The summed E-state index contributed by atoms with van der Waals surface area (Å²) in [4.78, 5) is 39.1. The van der Waals surface area contributed by atoms with Crippen LogP contribution in [0.1, 0.15) is 58.2 Å². The van der Waals surface area contributed by atoms with Gasteiger partial charge in [-0.15, -0.1) is 0 Å². The van der Waals surface area contributed by atoms with Crippen molar-refractivity contribution in [2.75, 3.05) is 6.54 Å². The van der Waals surface area contributed by atoms with Gasteiger partial charge < -0.3 is 20.6 Å². The van der Waals surface area contributed by atoms with E-state index >= 15 is 0 Å². The number of nitrogens with zero attached hydrogens (tertiary/aromatic N) is 2. The molecular weight excluding hydrogens is 384 g/mol. The first kappa shape index (κ1) is 23.4. The minimum Gasteiger partial charge on any atom is -0.391 e. The highest BCUT2D eigenvalue weighted by Crippen LogP contribution is 2.26. The zero-order valence-electron chi connectivity index (χ0n) is 18.1. The molecular formula is C22H30N4O4. The molecule has 0 radical (unpaired) electrons. The highest BCUT2D eigenvalue weighted by molar-refractivity contribution is 5.93. The van der Waals surface area contributed by atoms with E-state index in [2.05, 4.69) is 10.6 Å². The summed E-state index contributed by atoms with van der Waals surface area (Å²) in [6.07, 6.45) is -0.679. The lowest BCUT2D eigenvalue weighted by Crippen LogP contribution is -2.57. The number of hydrogen-bond acceptors (Lipinski definition) is 5. The molecule has 162 valence electrons. The summed E-state index contributed by atoms with van der Waals surface area (Å²) in [5.74, 6) is -1.09. The van der Waals surface area contributed by atoms with Crippen molar-refractivity contribution in [2.45, 2.75) is 65.3 Å². The Hall–Kier alpha value is -2.92. The van der Waals surface area contributed by atoms with Gasteiger partial charge in [0, 0.05) is 19.9 Å². The van der Waals surface area contributed by atoms with Gasteiger partial charge in [-0.05, 0) is 30.0 Å². The number of carbonyl (C=O) groups is 3. The molecule has 30 heavy (non-hydrogen) atoms. The molecule has 8 heteroatoms. The summed E-state index contributed by atoms with van der Waals surface area (Å²) >= 11 is 0. The fourth-order valence-corrected chi connectivity index (χ4v) is 3.56. The van der Waals surface area contributed by atoms with Crippen LogP contribution >= 0.6 is 0 Å². The molecule has 0 aliphatic carbocycles. The molecule has 0 aromatic heterocycles. The molecule has 1 aromatic rings. The third-order valence-corrected chi connectivity index (χ3v) is 5.22. The molecule has 0 spiro atoms. The number of aliphatic hydroxyl groups excluding tert-OH is 1. The standard InChI is InChI=1S/C22H30N4O4/c1-13(16-8-6-15(11-23)7-9-16)24-20(29)18-10-17(28)12-26(18)21(30)19(22(3,4)5)25-14(2)27/h6-9,13,17-19,28H,10,12H2,1-5H3,(H,24,29)(H,25,27)/t13-,17?,18?,19?/m0/s1. The van der Waals surface area contributed by atoms with Crippen LogP contribution in [0.25, 0.3) is 0 Å². The zero-order chi connectivity index (χ0) is 22.6. The number of hydrogen-bond donors (Lipinski definition) is 3. The van der Waals surface area contributed by atoms with Gasteiger partial charge in [0.05, 0.1) is 23.8 Å². The van der Waals surface area contributed by atoms with E-state index in [4.69, 9.17) is 5.26 Å². The summed E-state index contributed by atoms with van der Waals surface area (Å²) in [7, 11) is 0. The maximum absolute atomic E-state index is 13.2. The highest BCUT2D eigenvalue weighted by atomic mass is 16.3. The maximum atomic E-state index is 13.2. The molecule has 0 bridgehead atoms. The Morgan fingerprint density at radius 3 is 2.30 bits per heavy atom. The van der Waals surface area contributed by atoms with Crippen molar-refractivity contribution < 1.29 is 19.5 Å². The second-order valence-electron chi connectivity index (χ2n) is 8.86. The lowest BCUT2D eigenvalue weighted by atomic mass is 9.85. The first-order chi connectivity index (χ1) is 13.9. The molecule has 1 heterocycles. The van der Waals surface area contributed by atoms with Crippen LogP contribution in [0.4, 0.5) is 0 Å². The van der Waals surface area contributed by atoms with Gasteiger partial charge in [-0.25, -0.2) is 0 Å². The molecule has 1 saturated heterocycles. The summed E-state index contributed by atoms with van der Waals surface area (Å²) in [6.45, 7) is 8.69. The van der Waals surface area contributed by atoms with Crippen molar-refractivity contribution in [3.8, 4) is 6.07 Å². The van der Waals surface area contributed by atoms with E-state index in [1.54, 1.807) is 24.3 Å². The Labute approximate surface area is 177 Å². The monoisotopic (exact) mass is 414 g/mol. The van der Waals surface area contributed by atoms with Gasteiger partial charge in [0.25, 0.3) is 0 Å². The molecule has 3 amide bonds. The topological polar surface area (TPSA) is 123 Å². The molecule has 4 atom stereocenters. The second-order valence-corrected chi connectivity index (χ2v) is 8.86. The number of amides is 3. The number of rotatable bonds is 5. The van der Waals surface area contributed by atoms with Crippen molar-refractivity contribution in [1.29, 1.82) is 5.26 Å². The van der Waals surface area contributed by atoms with Crippen LogP contribution in [0.5, 0.6) is 0 Å². The molecule has 1 fully saturated rings. The quantitative estimate of drug-likeness (QED) is 0.669. The minimum absolute atomic E-state index is 0.0360. The third-order valence-electron chi connectivity index (χ3n) is 5.22. The van der Waals surface area contributed by atoms with E-state index in [1.165, 1.54) is 11.8 Å². The smallest absolute Gasteiger partial charge is 0.246 e. The Morgan fingerprint density at radius 1 is 1.20 bits per heavy atom. The lowest BCUT2D eigenvalue weighted by Gasteiger charge is -2.35. The molecule has 3 N–H and O–H groups in total. The van der Waals surface area contributed by atoms with Gasteiger partial charge in [0.2, 0.25) is 17.7 Å². The number of β-amino-alcohol motifs (C(OH)–C–C–N with tert-alkyl or cyclic N) is 1. The summed E-state index contributed by atoms with van der Waals surface area (Å²) < 4.78 is 0. The zero-order valence-corrected chi connectivity index (χ0v) is 18.1. The molecule has 1 aromatic carbocycles. The van der Waals surface area contributed by atoms with Crippen LogP contribution in [0.3, 0.4) is 0 Å². The largest absolute Gasteiger partial charge is 0.391 e. The fourth-order valence-electron chi connectivity index (χ4n) is 3.56. The SMILES string of the molecule is CC(=O)NC(C(=O)N1CC(O)CC1C(=O)N[C@@H](C)c1ccc(C#N)cc1)C(C)(C)C. The lowest BCUT2D eigenvalue weighted by molar-refractivity contribution is -0.144. The Bertz CT molecular complexity index is 838. The molecule has 0 saturated carbocycles. The number of benzene rings is 1. The molecule has 8 nitrogen and oxygen atoms in total. The summed E-state index contributed by atoms with van der Waals surface area (Å²) in [5, 5.41) is 24.6. The van der Waals surface area contributed by atoms with Crippen molar-refractivity contribution in [3.63, 3.8) is 0 Å². The number of nitrogens with one attached hydrogen (secondary N) is 2. The van der Waals surface area contributed by atoms with Crippen LogP contribution in [-0.2, 0) is 14.4 Å². The van der Waals surface area contributed by atoms with Crippen molar-refractivity contribution in [1.82, 2.24) is 15.5 Å². The van der Waals surface area contributed by atoms with Crippen molar-refractivity contribution in [3.05, 3.63) is 35.4 Å². The van der Waals surface area contributed by atoms with Gasteiger partial charge >= 0.3 is 0 Å². The first-order valence-corrected chi connectivity index (χ1v) is 10.00. The Morgan fingerprint density at radius 2 is 1.80 bits per heavy atom. The molecule has 1 aliphatic heterocycles. The first-order valence-electron chi connectivity index (χ1n) is 10.00. The maximum Gasteiger partial charge on any atom is 0.246 e. The molecule has 2 rings (SSSR count). The molecule has 1 aliphatic rings. The summed E-state index contributed by atoms with van der Waals surface area (Å²) in [6, 6.07) is 6.95. The van der Waals surface area contributed by atoms with Crippen LogP contribution in [0, 0.1) is 16.7 Å². The third kappa shape index (κ3) is 5.57. The number of nitriles is 1. The van der Waals surface area contributed by atoms with Crippen LogP contribution in [0.2, 0.25) is 0 Å². The average molecular weight is 415 g/mol. The van der Waals surface area contributed by atoms with E-state index in [0.29, 0.717) is 5.56 Å². The van der Waals surface area contributed by atoms with Crippen LogP contribution in [-0.4, -0.2) is 52.5 Å². The van der Waals surface area contributed by atoms with Crippen molar-refractivity contribution in [2.24, 2.45) is 5.41 Å². The predicted molar refractivity (Wildman–Crippen MR) is 111 cm³/mol. The highest BCUT2D eigenvalue weighted by Gasteiger charge is 2.44. The Kier molecular flexibility index (Phi) is 7.21. The van der Waals surface area contributed by atoms with E-state index in [1.807, 2.05) is 33.8 Å². The van der Waals surface area contributed by atoms with Crippen LogP contribution < -0.4 is 10.6 Å². The van der Waals surface area contributed by atoms with E-state index < -0.39 is 23.6 Å². The fraction of sp³-hybridized carbons (Fsp3) is 0.545. The second kappa shape index (κ2) is 9.26. The van der Waals surface area contributed by atoms with E-state index in [9.17, 15) is 19.5 Å². The number of carbonyl (C=O) groups excluding carboxylic acids is 3. The molecule has 3 unspecified atom stereocenters. The van der Waals surface area contributed by atoms with Crippen molar-refractivity contribution >= 4 is 17.7 Å². The van der Waals surface area contributed by atoms with E-state index in [0.717, 1.165) is 5.56 Å². The average Bonchev–Trinajstić information content (AvgIpc) is 3.06. The van der Waals surface area contributed by atoms with Gasteiger partial charge in [-0.2, -0.15) is 5.26 Å². The van der Waals surface area contributed by atoms with Crippen LogP contribution in [0.15, 0.2) is 24.3 Å².